The third kappa shape index (κ3) is 9.37. The summed E-state index contributed by atoms with van der Waals surface area (Å²) in [4.78, 5) is 29.3. The molecule has 0 amide bonds. The van der Waals surface area contributed by atoms with Crippen LogP contribution < -0.4 is 5.48 Å². The fourth-order valence-electron chi connectivity index (χ4n) is 8.77. The van der Waals surface area contributed by atoms with E-state index in [1.807, 2.05) is 68.4 Å². The number of carbonyl (C=O) groups excluding carboxylic acids is 1. The van der Waals surface area contributed by atoms with E-state index >= 15 is 0 Å². The Kier molecular flexibility index (Phi) is 13.9. The van der Waals surface area contributed by atoms with Crippen LogP contribution in [-0.2, 0) is 14.2 Å². The van der Waals surface area contributed by atoms with E-state index < -0.39 is 66.7 Å². The highest BCUT2D eigenvalue weighted by molar-refractivity contribution is 6.34. The number of nitrogens with zero attached hydrogens (tertiary/aromatic N) is 6. The van der Waals surface area contributed by atoms with Gasteiger partial charge in [0.2, 0.25) is 0 Å². The monoisotopic (exact) mass is 999 g/mol. The lowest BCUT2D eigenvalue weighted by molar-refractivity contribution is -0.0849. The third-order valence-corrected chi connectivity index (χ3v) is 13.4. The molecule has 356 valence electrons. The maximum atomic E-state index is 14.9. The highest BCUT2D eigenvalue weighted by Gasteiger charge is 2.49. The van der Waals surface area contributed by atoms with Crippen molar-refractivity contribution < 1.29 is 48.3 Å². The fraction of sp³-hybridized carbons (Fsp3) is 0.245. The predicted octanol–water partition coefficient (Wildman–Crippen LogP) is 9.69. The fourth-order valence-corrected chi connectivity index (χ4v) is 9.24. The van der Waals surface area contributed by atoms with Crippen molar-refractivity contribution in [1.82, 2.24) is 29.1 Å². The van der Waals surface area contributed by atoms with Gasteiger partial charge in [0.1, 0.15) is 60.2 Å². The number of anilines is 1. The Morgan fingerprint density at radius 2 is 1.23 bits per heavy atom. The van der Waals surface area contributed by atoms with E-state index in [4.69, 9.17) is 54.2 Å². The maximum absolute atomic E-state index is 14.9. The van der Waals surface area contributed by atoms with Gasteiger partial charge < -0.3 is 38.7 Å². The van der Waals surface area contributed by atoms with Gasteiger partial charge in [-0.05, 0) is 64.6 Å². The van der Waals surface area contributed by atoms with E-state index in [9.17, 15) is 28.9 Å². The molecule has 2 fully saturated rings. The van der Waals surface area contributed by atoms with Crippen molar-refractivity contribution in [2.24, 2.45) is 11.8 Å². The average Bonchev–Trinajstić information content (AvgIpc) is 4.08. The van der Waals surface area contributed by atoms with Crippen molar-refractivity contribution >= 4 is 68.7 Å². The van der Waals surface area contributed by atoms with E-state index in [2.05, 4.69) is 19.9 Å². The molecule has 20 heteroatoms. The van der Waals surface area contributed by atoms with Crippen molar-refractivity contribution in [3.63, 3.8) is 0 Å². The van der Waals surface area contributed by atoms with Crippen LogP contribution in [0.25, 0.3) is 33.2 Å². The molecular formula is C49H42Cl3F2N7O8. The molecule has 0 aliphatic carbocycles. The van der Waals surface area contributed by atoms with E-state index in [0.29, 0.717) is 26.8 Å². The van der Waals surface area contributed by atoms with Gasteiger partial charge in [-0.1, -0.05) is 115 Å². The molecule has 2 aliphatic rings. The van der Waals surface area contributed by atoms with E-state index in [1.54, 1.807) is 58.6 Å². The van der Waals surface area contributed by atoms with Crippen molar-refractivity contribution in [2.75, 3.05) is 5.48 Å². The second-order valence-electron chi connectivity index (χ2n) is 16.7. The summed E-state index contributed by atoms with van der Waals surface area (Å²) in [6.07, 6.45) is -3.73. The molecule has 10 atom stereocenters. The zero-order chi connectivity index (χ0) is 48.7. The Morgan fingerprint density at radius 1 is 0.681 bits per heavy atom. The first-order chi connectivity index (χ1) is 33.2. The van der Waals surface area contributed by atoms with Crippen LogP contribution in [0.1, 0.15) is 60.0 Å². The van der Waals surface area contributed by atoms with Gasteiger partial charge in [0.15, 0.2) is 35.4 Å². The van der Waals surface area contributed by atoms with Crippen LogP contribution in [-0.4, -0.2) is 80.0 Å². The van der Waals surface area contributed by atoms with E-state index in [0.717, 1.165) is 29.2 Å². The predicted molar refractivity (Wildman–Crippen MR) is 251 cm³/mol. The largest absolute Gasteiger partial charge is 0.451 e. The van der Waals surface area contributed by atoms with Crippen LogP contribution in [0.5, 0.6) is 0 Å². The molecule has 0 bridgehead atoms. The molecule has 4 aromatic carbocycles. The van der Waals surface area contributed by atoms with Crippen LogP contribution in [0.4, 0.5) is 14.6 Å². The van der Waals surface area contributed by atoms with Gasteiger partial charge in [-0.2, -0.15) is 0 Å². The number of aliphatic hydroxyl groups is 3. The molecule has 2 saturated heterocycles. The van der Waals surface area contributed by atoms with Crippen LogP contribution >= 0.6 is 34.8 Å². The van der Waals surface area contributed by atoms with Gasteiger partial charge in [-0.15, -0.1) is 0 Å². The molecule has 15 nitrogen and oxygen atoms in total. The number of halogens is 5. The molecule has 0 saturated carbocycles. The Morgan fingerprint density at radius 3 is 1.87 bits per heavy atom. The summed E-state index contributed by atoms with van der Waals surface area (Å²) < 4.78 is 50.5. The molecule has 69 heavy (non-hydrogen) atoms. The van der Waals surface area contributed by atoms with Gasteiger partial charge in [0.05, 0.1) is 16.3 Å². The molecule has 8 aromatic rings. The number of nitrogens with one attached hydrogen (secondary N) is 1. The van der Waals surface area contributed by atoms with Crippen molar-refractivity contribution in [2.45, 2.75) is 62.9 Å². The molecule has 6 heterocycles. The van der Waals surface area contributed by atoms with Crippen molar-refractivity contribution in [3.05, 3.63) is 172 Å². The minimum atomic E-state index is -1.47. The number of carbonyl (C=O) groups is 1. The SMILES string of the molecule is C[C@@H]1[C@H](C)[C@@H]([C@H](OC(=O)c2ccc(-c3ccccc3)cc2)c2ccc(Cl)cc2)O[C@H]1n1cc(F)c2c(Cl)ncnc21.ONc1ncnc2c1c(F)cn2[C@@H]1O[C@H]([C@H](O)c2ccc(Cl)cc2)[C@@H](O)[C@H]1O. The van der Waals surface area contributed by atoms with E-state index in [1.165, 1.54) is 17.1 Å². The average molecular weight is 1000 g/mol. The van der Waals surface area contributed by atoms with Gasteiger partial charge in [-0.3, -0.25) is 10.7 Å². The van der Waals surface area contributed by atoms with Crippen LogP contribution in [0.2, 0.25) is 15.2 Å². The smallest absolute Gasteiger partial charge is 0.338 e. The first-order valence-electron chi connectivity index (χ1n) is 21.5. The molecule has 0 radical (unpaired) electrons. The summed E-state index contributed by atoms with van der Waals surface area (Å²) in [5, 5.41) is 41.6. The topological polar surface area (TPSA) is 199 Å². The van der Waals surface area contributed by atoms with Gasteiger partial charge >= 0.3 is 5.97 Å². The number of hydrogen-bond donors (Lipinski definition) is 5. The van der Waals surface area contributed by atoms with Crippen molar-refractivity contribution in [3.8, 4) is 11.1 Å². The number of hydrogen-bond acceptors (Lipinski definition) is 13. The summed E-state index contributed by atoms with van der Waals surface area (Å²) in [5.74, 6) is -2.09. The number of rotatable bonds is 10. The van der Waals surface area contributed by atoms with Crippen LogP contribution in [0.3, 0.4) is 0 Å². The molecule has 0 spiro atoms. The van der Waals surface area contributed by atoms with Gasteiger partial charge in [0.25, 0.3) is 0 Å². The zero-order valence-corrected chi connectivity index (χ0v) is 38.7. The molecule has 5 N–H and O–H groups in total. The number of fused-ring (bicyclic) bond motifs is 2. The first kappa shape index (κ1) is 47.9. The third-order valence-electron chi connectivity index (χ3n) is 12.6. The minimum absolute atomic E-state index is 0.0296. The standard InChI is InChI=1S/C32H26Cl2FN3O3.C17H16ClFN4O5/c1-18-19(2)31(38-16-25(35)26-29(34)36-17-37-30(26)38)40-27(18)28(22-12-14-24(33)15-13-22)41-32(39)23-10-8-21(9-11-23)20-6-4-3-5-7-20;18-8-3-1-7(2-4-8)11(24)14-12(25)13(26)17(28-14)23-5-9(19)10-15(22-27)20-6-21-16(10)23/h3-19,27-28,31H,1-2H3;1-6,11-14,17,24-27H,(H,20,21,22)/t18-,19+,27-,28+,31+;11-,12+,13-,14-,17-/m01/s1. The lowest BCUT2D eigenvalue weighted by Gasteiger charge is -2.27. The summed E-state index contributed by atoms with van der Waals surface area (Å²) in [6.45, 7) is 4.05. The first-order valence-corrected chi connectivity index (χ1v) is 22.7. The van der Waals surface area contributed by atoms with Crippen LogP contribution in [0.15, 0.2) is 128 Å². The highest BCUT2D eigenvalue weighted by atomic mass is 35.5. The lowest BCUT2D eigenvalue weighted by atomic mass is 9.88. The Hall–Kier alpha value is -6.12. The number of aromatic nitrogens is 6. The molecule has 2 aliphatic heterocycles. The number of aliphatic hydroxyl groups excluding tert-OH is 3. The summed E-state index contributed by atoms with van der Waals surface area (Å²) >= 11 is 18.2. The second-order valence-corrected chi connectivity index (χ2v) is 17.9. The zero-order valence-electron chi connectivity index (χ0n) is 36.4. The summed E-state index contributed by atoms with van der Waals surface area (Å²) in [6, 6.07) is 30.7. The van der Waals surface area contributed by atoms with Crippen molar-refractivity contribution in [1.29, 1.82) is 0 Å². The minimum Gasteiger partial charge on any atom is -0.451 e. The highest BCUT2D eigenvalue weighted by Crippen LogP contribution is 2.47. The van der Waals surface area contributed by atoms with Gasteiger partial charge in [-0.25, -0.2) is 33.5 Å². The lowest BCUT2D eigenvalue weighted by Crippen LogP contribution is -2.34. The normalized spacial score (nSPS) is 23.1. The molecule has 10 rings (SSSR count). The molecule has 0 unspecified atom stereocenters. The Balaban J connectivity index is 0.000000185. The van der Waals surface area contributed by atoms with E-state index in [-0.39, 0.29) is 39.2 Å². The number of ether oxygens (including phenoxy) is 3. The second kappa shape index (κ2) is 20.1. The quantitative estimate of drug-likeness (QED) is 0.0493. The number of esters is 1. The molecular weight excluding hydrogens is 959 g/mol. The summed E-state index contributed by atoms with van der Waals surface area (Å²) in [7, 11) is 0. The van der Waals surface area contributed by atoms with Crippen LogP contribution in [0, 0.1) is 23.5 Å². The number of benzene rings is 4. The molecule has 4 aromatic heterocycles. The van der Waals surface area contributed by atoms with Gasteiger partial charge in [0, 0.05) is 28.4 Å². The Bertz CT molecular complexity index is 3100. The maximum Gasteiger partial charge on any atom is 0.338 e. The Labute approximate surface area is 407 Å². The summed E-state index contributed by atoms with van der Waals surface area (Å²) in [5.41, 5.74) is 5.79.